The lowest BCUT2D eigenvalue weighted by Gasteiger charge is -2.08. The molecule has 0 radical (unpaired) electrons. The van der Waals surface area contributed by atoms with Crippen molar-refractivity contribution in [2.45, 2.75) is 6.42 Å². The molecule has 1 heterocycles. The number of carbonyl (C=O) groups is 1. The van der Waals surface area contributed by atoms with E-state index in [1.807, 2.05) is 0 Å². The van der Waals surface area contributed by atoms with Crippen LogP contribution < -0.4 is 10.1 Å². The topological polar surface area (TPSA) is 76.4 Å². The third-order valence-corrected chi connectivity index (χ3v) is 2.63. The van der Waals surface area contributed by atoms with Gasteiger partial charge in [-0.3, -0.25) is 9.48 Å². The van der Waals surface area contributed by atoms with Gasteiger partial charge in [0.15, 0.2) is 0 Å². The van der Waals surface area contributed by atoms with Crippen LogP contribution in [-0.2, 0) is 7.05 Å². The normalized spacial score (nSPS) is 10.3. The predicted octanol–water partition coefficient (Wildman–Crippen LogP) is 1.43. The van der Waals surface area contributed by atoms with E-state index in [0.29, 0.717) is 30.0 Å². The second-order valence-corrected chi connectivity index (χ2v) is 4.31. The number of aromatic nitrogens is 2. The van der Waals surface area contributed by atoms with Crippen molar-refractivity contribution in [1.29, 1.82) is 0 Å². The number of hydrogen-bond acceptors (Lipinski definition) is 4. The van der Waals surface area contributed by atoms with Crippen molar-refractivity contribution in [3.63, 3.8) is 0 Å². The Hall–Kier alpha value is -2.34. The highest BCUT2D eigenvalue weighted by Gasteiger charge is 2.08. The Bertz CT molecular complexity index is 581. The number of hydrogen-bond donors (Lipinski definition) is 2. The van der Waals surface area contributed by atoms with Gasteiger partial charge in [0.2, 0.25) is 0 Å². The summed E-state index contributed by atoms with van der Waals surface area (Å²) in [7, 11) is 1.76. The van der Waals surface area contributed by atoms with E-state index in [1.165, 1.54) is 6.20 Å². The zero-order valence-corrected chi connectivity index (χ0v) is 11.2. The third kappa shape index (κ3) is 3.83. The van der Waals surface area contributed by atoms with E-state index in [1.54, 1.807) is 42.2 Å². The predicted molar refractivity (Wildman–Crippen MR) is 74.8 cm³/mol. The molecule has 0 atom stereocenters. The van der Waals surface area contributed by atoms with Crippen LogP contribution in [0.5, 0.6) is 5.75 Å². The van der Waals surface area contributed by atoms with E-state index in [2.05, 4.69) is 10.4 Å². The SMILES string of the molecule is Cn1cc(C(=O)Nc2cccc(OCCCO)c2)cn1. The van der Waals surface area contributed by atoms with Crippen LogP contribution in [0.4, 0.5) is 5.69 Å². The third-order valence-electron chi connectivity index (χ3n) is 2.63. The van der Waals surface area contributed by atoms with Crippen molar-refractivity contribution in [3.8, 4) is 5.75 Å². The molecule has 2 N–H and O–H groups in total. The Labute approximate surface area is 117 Å². The Morgan fingerprint density at radius 2 is 2.35 bits per heavy atom. The summed E-state index contributed by atoms with van der Waals surface area (Å²) in [6.07, 6.45) is 3.74. The highest BCUT2D eigenvalue weighted by molar-refractivity contribution is 6.04. The largest absolute Gasteiger partial charge is 0.493 e. The number of amides is 1. The highest BCUT2D eigenvalue weighted by Crippen LogP contribution is 2.18. The van der Waals surface area contributed by atoms with Crippen LogP contribution >= 0.6 is 0 Å². The van der Waals surface area contributed by atoms with Crippen molar-refractivity contribution in [2.24, 2.45) is 7.05 Å². The van der Waals surface area contributed by atoms with E-state index < -0.39 is 0 Å². The number of benzene rings is 1. The molecule has 20 heavy (non-hydrogen) atoms. The fraction of sp³-hybridized carbons (Fsp3) is 0.286. The molecule has 1 aromatic carbocycles. The Morgan fingerprint density at radius 1 is 1.50 bits per heavy atom. The summed E-state index contributed by atoms with van der Waals surface area (Å²) >= 11 is 0. The van der Waals surface area contributed by atoms with Gasteiger partial charge in [-0.25, -0.2) is 0 Å². The molecule has 0 aliphatic rings. The molecule has 1 aromatic heterocycles. The van der Waals surface area contributed by atoms with Crippen molar-refractivity contribution in [3.05, 3.63) is 42.2 Å². The van der Waals surface area contributed by atoms with Crippen molar-refractivity contribution in [2.75, 3.05) is 18.5 Å². The lowest BCUT2D eigenvalue weighted by molar-refractivity contribution is 0.102. The van der Waals surface area contributed by atoms with Crippen LogP contribution in [0.15, 0.2) is 36.7 Å². The van der Waals surface area contributed by atoms with Crippen molar-refractivity contribution < 1.29 is 14.6 Å². The Kier molecular flexibility index (Phi) is 4.73. The second-order valence-electron chi connectivity index (χ2n) is 4.31. The standard InChI is InChI=1S/C14H17N3O3/c1-17-10-11(9-15-17)14(19)16-12-4-2-5-13(8-12)20-7-3-6-18/h2,4-5,8-10,18H,3,6-7H2,1H3,(H,16,19). The van der Waals surface area contributed by atoms with Gasteiger partial charge in [-0.2, -0.15) is 5.10 Å². The van der Waals surface area contributed by atoms with Crippen LogP contribution in [0.2, 0.25) is 0 Å². The van der Waals surface area contributed by atoms with E-state index in [4.69, 9.17) is 9.84 Å². The summed E-state index contributed by atoms with van der Waals surface area (Å²) in [5.41, 5.74) is 1.15. The lowest BCUT2D eigenvalue weighted by atomic mass is 10.2. The molecule has 6 heteroatoms. The van der Waals surface area contributed by atoms with Gasteiger partial charge in [0.25, 0.3) is 5.91 Å². The van der Waals surface area contributed by atoms with Crippen molar-refractivity contribution >= 4 is 11.6 Å². The molecule has 0 saturated heterocycles. The smallest absolute Gasteiger partial charge is 0.258 e. The summed E-state index contributed by atoms with van der Waals surface area (Å²) < 4.78 is 7.02. The first-order chi connectivity index (χ1) is 9.69. The summed E-state index contributed by atoms with van der Waals surface area (Å²) in [6, 6.07) is 7.13. The average Bonchev–Trinajstić information content (AvgIpc) is 2.86. The molecule has 0 unspecified atom stereocenters. The minimum Gasteiger partial charge on any atom is -0.493 e. The number of rotatable bonds is 6. The monoisotopic (exact) mass is 275 g/mol. The molecule has 0 spiro atoms. The summed E-state index contributed by atoms with van der Waals surface area (Å²) in [5.74, 6) is 0.438. The first kappa shape index (κ1) is 14.1. The van der Waals surface area contributed by atoms with Gasteiger partial charge in [-0.05, 0) is 12.1 Å². The quantitative estimate of drug-likeness (QED) is 0.782. The van der Waals surface area contributed by atoms with Gasteiger partial charge < -0.3 is 15.2 Å². The van der Waals surface area contributed by atoms with E-state index in [9.17, 15) is 4.79 Å². The summed E-state index contributed by atoms with van der Waals surface area (Å²) in [5, 5.41) is 15.4. The number of anilines is 1. The summed E-state index contributed by atoms with van der Waals surface area (Å²) in [4.78, 5) is 12.0. The first-order valence-corrected chi connectivity index (χ1v) is 6.33. The molecule has 0 saturated carbocycles. The fourth-order valence-electron chi connectivity index (χ4n) is 1.66. The molecule has 106 valence electrons. The van der Waals surface area contributed by atoms with E-state index >= 15 is 0 Å². The molecule has 0 bridgehead atoms. The van der Waals surface area contributed by atoms with Gasteiger partial charge in [0, 0.05) is 38.0 Å². The van der Waals surface area contributed by atoms with Crippen LogP contribution in [0.1, 0.15) is 16.8 Å². The van der Waals surface area contributed by atoms with Gasteiger partial charge in [-0.15, -0.1) is 0 Å². The Morgan fingerprint density at radius 3 is 3.05 bits per heavy atom. The zero-order valence-electron chi connectivity index (χ0n) is 11.2. The number of aliphatic hydroxyl groups is 1. The van der Waals surface area contributed by atoms with Crippen LogP contribution in [0, 0.1) is 0 Å². The van der Waals surface area contributed by atoms with Gasteiger partial charge in [-0.1, -0.05) is 6.07 Å². The molecule has 2 aromatic rings. The second kappa shape index (κ2) is 6.72. The van der Waals surface area contributed by atoms with Gasteiger partial charge >= 0.3 is 0 Å². The van der Waals surface area contributed by atoms with Crippen LogP contribution in [-0.4, -0.2) is 34.0 Å². The number of aliphatic hydroxyl groups excluding tert-OH is 1. The van der Waals surface area contributed by atoms with Gasteiger partial charge in [0.1, 0.15) is 5.75 Å². The molecule has 0 fully saturated rings. The minimum atomic E-state index is -0.217. The summed E-state index contributed by atoms with van der Waals surface area (Å²) in [6.45, 7) is 0.536. The molecular formula is C14H17N3O3. The molecule has 0 aliphatic carbocycles. The number of nitrogens with zero attached hydrogens (tertiary/aromatic N) is 2. The maximum absolute atomic E-state index is 12.0. The number of aryl methyl sites for hydroxylation is 1. The van der Waals surface area contributed by atoms with Crippen LogP contribution in [0.3, 0.4) is 0 Å². The van der Waals surface area contributed by atoms with Crippen molar-refractivity contribution in [1.82, 2.24) is 9.78 Å². The molecule has 2 rings (SSSR count). The molecule has 0 aliphatic heterocycles. The maximum atomic E-state index is 12.0. The lowest BCUT2D eigenvalue weighted by Crippen LogP contribution is -2.11. The highest BCUT2D eigenvalue weighted by atomic mass is 16.5. The average molecular weight is 275 g/mol. The number of nitrogens with one attached hydrogen (secondary N) is 1. The minimum absolute atomic E-state index is 0.0947. The van der Waals surface area contributed by atoms with Crippen LogP contribution in [0.25, 0.3) is 0 Å². The van der Waals surface area contributed by atoms with E-state index in [0.717, 1.165) is 0 Å². The fourth-order valence-corrected chi connectivity index (χ4v) is 1.66. The van der Waals surface area contributed by atoms with Gasteiger partial charge in [0.05, 0.1) is 18.4 Å². The first-order valence-electron chi connectivity index (χ1n) is 6.33. The van der Waals surface area contributed by atoms with E-state index in [-0.39, 0.29) is 12.5 Å². The Balaban J connectivity index is 1.98. The molecule has 1 amide bonds. The number of ether oxygens (including phenoxy) is 1. The molecule has 6 nitrogen and oxygen atoms in total. The molecular weight excluding hydrogens is 258 g/mol. The zero-order chi connectivity index (χ0) is 14.4. The number of carbonyl (C=O) groups excluding carboxylic acids is 1. The maximum Gasteiger partial charge on any atom is 0.258 e.